The maximum absolute atomic E-state index is 10.6. The van der Waals surface area contributed by atoms with Crippen molar-refractivity contribution in [3.8, 4) is 0 Å². The lowest BCUT2D eigenvalue weighted by molar-refractivity contribution is 0.464. The van der Waals surface area contributed by atoms with Crippen LogP contribution >= 0.6 is 7.25 Å². The van der Waals surface area contributed by atoms with E-state index in [4.69, 9.17) is 12.5 Å². The molecule has 1 N–H and O–H groups in total. The van der Waals surface area contributed by atoms with Crippen molar-refractivity contribution in [1.29, 1.82) is 0 Å². The molecule has 2 nitrogen and oxygen atoms in total. The summed E-state index contributed by atoms with van der Waals surface area (Å²) in [4.78, 5) is 8.69. The lowest BCUT2D eigenvalue weighted by Gasteiger charge is -2.22. The van der Waals surface area contributed by atoms with Crippen LogP contribution in [0.25, 0.3) is 0 Å². The number of rotatable bonds is 0. The van der Waals surface area contributed by atoms with Gasteiger partial charge >= 0.3 is 0 Å². The van der Waals surface area contributed by atoms with Crippen molar-refractivity contribution in [3.63, 3.8) is 0 Å². The van der Waals surface area contributed by atoms with Gasteiger partial charge in [0, 0.05) is 5.16 Å². The van der Waals surface area contributed by atoms with Gasteiger partial charge < -0.3 is 9.46 Å². The van der Waals surface area contributed by atoms with E-state index in [9.17, 15) is 4.57 Å². The minimum Gasteiger partial charge on any atom is -0.352 e. The standard InChI is InChI=1S/C4H10BO2P/c1-4(2,3)8(5,6)7/h1-3H3,(H,6,7). The third-order valence-electron chi connectivity index (χ3n) is 0.961. The van der Waals surface area contributed by atoms with Crippen molar-refractivity contribution in [3.05, 3.63) is 0 Å². The fraction of sp³-hybridized carbons (Fsp3) is 1.00. The highest BCUT2D eigenvalue weighted by atomic mass is 31.2. The highest BCUT2D eigenvalue weighted by Gasteiger charge is 2.27. The van der Waals surface area contributed by atoms with Crippen LogP contribution < -0.4 is 0 Å². The molecular weight excluding hydrogens is 122 g/mol. The summed E-state index contributed by atoms with van der Waals surface area (Å²) in [7, 11) is 1.57. The maximum atomic E-state index is 10.6. The maximum Gasteiger partial charge on any atom is 0.202 e. The first kappa shape index (κ1) is 8.25. The van der Waals surface area contributed by atoms with Gasteiger partial charge in [-0.05, 0) is 0 Å². The zero-order valence-corrected chi connectivity index (χ0v) is 6.27. The summed E-state index contributed by atoms with van der Waals surface area (Å²) in [6, 6.07) is 0. The molecule has 0 aliphatic rings. The van der Waals surface area contributed by atoms with Crippen molar-refractivity contribution < 1.29 is 9.46 Å². The minimum absolute atomic E-state index is 0.674. The molecule has 0 heterocycles. The Morgan fingerprint density at radius 2 is 1.62 bits per heavy atom. The smallest absolute Gasteiger partial charge is 0.202 e. The molecule has 0 saturated carbocycles. The number of hydrogen-bond donors (Lipinski definition) is 1. The summed E-state index contributed by atoms with van der Waals surface area (Å²) in [5.74, 6) is 0. The molecule has 0 aliphatic carbocycles. The first-order valence-electron chi connectivity index (χ1n) is 2.36. The third-order valence-corrected chi connectivity index (χ3v) is 2.88. The first-order chi connectivity index (χ1) is 3.25. The monoisotopic (exact) mass is 132 g/mol. The van der Waals surface area contributed by atoms with E-state index in [1.165, 1.54) is 0 Å². The fourth-order valence-electron chi connectivity index (χ4n) is 0. The molecule has 0 aromatic rings. The van der Waals surface area contributed by atoms with Gasteiger partial charge in [0.15, 0.2) is 0 Å². The molecule has 0 rings (SSSR count). The second kappa shape index (κ2) is 1.89. The largest absolute Gasteiger partial charge is 0.352 e. The van der Waals surface area contributed by atoms with Gasteiger partial charge in [-0.25, -0.2) is 0 Å². The summed E-state index contributed by atoms with van der Waals surface area (Å²) in [5, 5.41) is -0.674. The summed E-state index contributed by atoms with van der Waals surface area (Å²) < 4.78 is 10.6. The Bertz CT molecular complexity index is 120. The Kier molecular flexibility index (Phi) is 1.95. The average molecular weight is 132 g/mol. The van der Waals surface area contributed by atoms with Crippen LogP contribution in [-0.4, -0.2) is 17.6 Å². The van der Waals surface area contributed by atoms with Crippen LogP contribution in [0.4, 0.5) is 0 Å². The molecule has 0 fully saturated rings. The van der Waals surface area contributed by atoms with Crippen LogP contribution in [0, 0.1) is 0 Å². The van der Waals surface area contributed by atoms with Crippen molar-refractivity contribution in [2.24, 2.45) is 0 Å². The molecule has 4 heteroatoms. The van der Waals surface area contributed by atoms with Crippen LogP contribution in [0.3, 0.4) is 0 Å². The summed E-state index contributed by atoms with van der Waals surface area (Å²) in [6.45, 7) is 4.90. The highest BCUT2D eigenvalue weighted by Crippen LogP contribution is 2.48. The Morgan fingerprint density at radius 1 is 1.50 bits per heavy atom. The predicted octanol–water partition coefficient (Wildman–Crippen LogP) is 1.14. The Morgan fingerprint density at radius 3 is 1.62 bits per heavy atom. The van der Waals surface area contributed by atoms with Crippen LogP contribution in [-0.2, 0) is 4.57 Å². The van der Waals surface area contributed by atoms with Gasteiger partial charge in [0.2, 0.25) is 7.57 Å². The molecule has 0 saturated heterocycles. The van der Waals surface area contributed by atoms with Crippen LogP contribution in [0.1, 0.15) is 20.8 Å². The van der Waals surface area contributed by atoms with E-state index in [0.717, 1.165) is 0 Å². The van der Waals surface area contributed by atoms with Crippen LogP contribution in [0.5, 0.6) is 0 Å². The quantitative estimate of drug-likeness (QED) is 0.396. The molecule has 0 aromatic heterocycles. The molecule has 0 spiro atoms. The number of hydrogen-bond acceptors (Lipinski definition) is 1. The molecule has 8 heavy (non-hydrogen) atoms. The molecule has 1 atom stereocenters. The Labute approximate surface area is 51.1 Å². The highest BCUT2D eigenvalue weighted by molar-refractivity contribution is 7.83. The van der Waals surface area contributed by atoms with Crippen molar-refractivity contribution in [2.75, 3.05) is 0 Å². The zero-order chi connectivity index (χ0) is 7.00. The molecular formula is C4H10BO2P. The third kappa shape index (κ3) is 2.02. The van der Waals surface area contributed by atoms with Gasteiger partial charge in [0.25, 0.3) is 0 Å². The van der Waals surface area contributed by atoms with Crippen LogP contribution in [0.2, 0.25) is 0 Å². The lowest BCUT2D eigenvalue weighted by Crippen LogP contribution is -2.13. The van der Waals surface area contributed by atoms with Gasteiger partial charge in [-0.2, -0.15) is 0 Å². The molecule has 0 aliphatic heterocycles. The summed E-state index contributed by atoms with van der Waals surface area (Å²) >= 11 is 0. The van der Waals surface area contributed by atoms with Crippen molar-refractivity contribution in [2.45, 2.75) is 25.9 Å². The lowest BCUT2D eigenvalue weighted by atomic mass is 10.3. The van der Waals surface area contributed by atoms with Crippen molar-refractivity contribution in [1.82, 2.24) is 0 Å². The molecule has 1 unspecified atom stereocenters. The van der Waals surface area contributed by atoms with E-state index in [1.807, 2.05) is 0 Å². The minimum atomic E-state index is -3.35. The second-order valence-corrected chi connectivity index (χ2v) is 5.38. The van der Waals surface area contributed by atoms with E-state index in [1.54, 1.807) is 20.8 Å². The van der Waals surface area contributed by atoms with Gasteiger partial charge in [0.1, 0.15) is 7.25 Å². The molecule has 46 valence electrons. The first-order valence-corrected chi connectivity index (χ1v) is 4.09. The molecule has 2 radical (unpaired) electrons. The van der Waals surface area contributed by atoms with Gasteiger partial charge in [-0.3, -0.25) is 0 Å². The summed E-state index contributed by atoms with van der Waals surface area (Å²) in [5.41, 5.74) is 0. The average Bonchev–Trinajstić information content (AvgIpc) is 1.25. The van der Waals surface area contributed by atoms with Crippen LogP contribution in [0.15, 0.2) is 0 Å². The second-order valence-electron chi connectivity index (χ2n) is 2.79. The van der Waals surface area contributed by atoms with E-state index >= 15 is 0 Å². The topological polar surface area (TPSA) is 37.3 Å². The van der Waals surface area contributed by atoms with Gasteiger partial charge in [-0.15, -0.1) is 0 Å². The summed E-state index contributed by atoms with van der Waals surface area (Å²) in [6.07, 6.45) is 0. The van der Waals surface area contributed by atoms with Gasteiger partial charge in [0.05, 0.1) is 0 Å². The predicted molar refractivity (Wildman–Crippen MR) is 35.3 cm³/mol. The Hall–Kier alpha value is 0.255. The van der Waals surface area contributed by atoms with E-state index in [-0.39, 0.29) is 0 Å². The SMILES string of the molecule is [B]P(=O)(O)C(C)(C)C. The normalized spacial score (nSPS) is 20.0. The van der Waals surface area contributed by atoms with E-state index in [0.29, 0.717) is 0 Å². The molecule has 0 bridgehead atoms. The van der Waals surface area contributed by atoms with Gasteiger partial charge in [-0.1, -0.05) is 20.8 Å². The molecule has 0 aromatic carbocycles. The van der Waals surface area contributed by atoms with Crippen molar-refractivity contribution >= 4 is 14.8 Å². The zero-order valence-electron chi connectivity index (χ0n) is 5.38. The fourth-order valence-corrected chi connectivity index (χ4v) is 0. The van der Waals surface area contributed by atoms with E-state index < -0.39 is 12.4 Å². The Balaban J connectivity index is 4.26. The van der Waals surface area contributed by atoms with E-state index in [2.05, 4.69) is 0 Å². The molecule has 0 amide bonds.